The van der Waals surface area contributed by atoms with Crippen molar-refractivity contribution in [3.05, 3.63) is 64.0 Å². The first kappa shape index (κ1) is 22.0. The Balaban J connectivity index is 1.58. The lowest BCUT2D eigenvalue weighted by molar-refractivity contribution is 0.102. The number of aromatic nitrogens is 3. The van der Waals surface area contributed by atoms with E-state index in [1.807, 2.05) is 47.9 Å². The number of ketones is 1. The van der Waals surface area contributed by atoms with Crippen LogP contribution in [0.4, 0.5) is 0 Å². The lowest BCUT2D eigenvalue weighted by Crippen LogP contribution is -2.07. The summed E-state index contributed by atoms with van der Waals surface area (Å²) >= 11 is 9.36. The molecule has 0 amide bonds. The van der Waals surface area contributed by atoms with E-state index in [1.165, 1.54) is 11.8 Å². The Morgan fingerprint density at radius 1 is 1.16 bits per heavy atom. The third kappa shape index (κ3) is 4.70. The number of nitrogens with zero attached hydrogens (tertiary/aromatic N) is 3. The number of hydrogen-bond donors (Lipinski definition) is 0. The first-order valence-corrected chi connectivity index (χ1v) is 12.1. The number of halogens is 1. The van der Waals surface area contributed by atoms with Crippen LogP contribution in [0.1, 0.15) is 21.7 Å². The van der Waals surface area contributed by atoms with Gasteiger partial charge in [0.05, 0.1) is 15.7 Å². The van der Waals surface area contributed by atoms with Gasteiger partial charge in [0.1, 0.15) is 0 Å². The topological polar surface area (TPSA) is 57.0 Å². The fraction of sp³-hybridized carbons (Fsp3) is 0.261. The maximum Gasteiger partial charge on any atom is 0.191 e. The lowest BCUT2D eigenvalue weighted by Gasteiger charge is -2.10. The van der Waals surface area contributed by atoms with Crippen LogP contribution in [0.2, 0.25) is 5.02 Å². The number of benzene rings is 2. The van der Waals surface area contributed by atoms with Crippen molar-refractivity contribution in [1.29, 1.82) is 0 Å². The molecule has 0 aliphatic rings. The molecule has 0 bridgehead atoms. The fourth-order valence-electron chi connectivity index (χ4n) is 3.44. The largest absolute Gasteiger partial charge is 0.385 e. The normalized spacial score (nSPS) is 11.3. The van der Waals surface area contributed by atoms with Gasteiger partial charge in [-0.2, -0.15) is 0 Å². The highest BCUT2D eigenvalue weighted by Gasteiger charge is 2.20. The summed E-state index contributed by atoms with van der Waals surface area (Å²) in [5.41, 5.74) is 1.87. The molecule has 0 radical (unpaired) electrons. The summed E-state index contributed by atoms with van der Waals surface area (Å²) in [4.78, 5) is 13.8. The fourth-order valence-corrected chi connectivity index (χ4v) is 5.74. The van der Waals surface area contributed by atoms with Gasteiger partial charge in [0.2, 0.25) is 0 Å². The number of fused-ring (bicyclic) bond motifs is 1. The van der Waals surface area contributed by atoms with Crippen molar-refractivity contribution in [3.63, 3.8) is 0 Å². The van der Waals surface area contributed by atoms with Gasteiger partial charge >= 0.3 is 0 Å². The lowest BCUT2D eigenvalue weighted by atomic mass is 10.1. The summed E-state index contributed by atoms with van der Waals surface area (Å²) in [5, 5.41) is 11.2. The molecule has 4 rings (SSSR count). The Hall–Kier alpha value is -2.19. The van der Waals surface area contributed by atoms with Gasteiger partial charge in [-0.1, -0.05) is 53.7 Å². The second kappa shape index (κ2) is 9.96. The standard InChI is InChI=1S/C23H22ClN3O2S2/c1-15-16-8-4-6-11-20(16)31-21(15)19(28)14-30-23-26-25-22(27(23)12-7-13-29-2)17-9-3-5-10-18(17)24/h3-6,8-11H,7,12-14H2,1-2H3. The molecule has 0 atom stereocenters. The second-order valence-corrected chi connectivity index (χ2v) is 9.45. The zero-order valence-electron chi connectivity index (χ0n) is 17.3. The zero-order valence-corrected chi connectivity index (χ0v) is 19.7. The van der Waals surface area contributed by atoms with Gasteiger partial charge in [0, 0.05) is 30.5 Å². The number of carbonyl (C=O) groups is 1. The number of carbonyl (C=O) groups excluding carboxylic acids is 1. The van der Waals surface area contributed by atoms with E-state index < -0.39 is 0 Å². The molecular weight excluding hydrogens is 450 g/mol. The van der Waals surface area contributed by atoms with Crippen molar-refractivity contribution in [3.8, 4) is 11.4 Å². The van der Waals surface area contributed by atoms with Crippen LogP contribution in [0, 0.1) is 6.92 Å². The second-order valence-electron chi connectivity index (χ2n) is 7.05. The molecule has 0 N–H and O–H groups in total. The van der Waals surface area contributed by atoms with Crippen LogP contribution in [0.25, 0.3) is 21.5 Å². The Labute approximate surface area is 194 Å². The number of Topliss-reactive ketones (excluding diaryl/α,β-unsaturated/α-hetero) is 1. The molecule has 2 aromatic heterocycles. The summed E-state index contributed by atoms with van der Waals surface area (Å²) < 4.78 is 8.37. The molecule has 0 aliphatic heterocycles. The molecule has 160 valence electrons. The highest BCUT2D eigenvalue weighted by atomic mass is 35.5. The molecule has 2 aromatic carbocycles. The summed E-state index contributed by atoms with van der Waals surface area (Å²) in [6, 6.07) is 15.7. The minimum Gasteiger partial charge on any atom is -0.385 e. The van der Waals surface area contributed by atoms with E-state index in [2.05, 4.69) is 22.3 Å². The molecule has 0 fully saturated rings. The van der Waals surface area contributed by atoms with Gasteiger partial charge in [0.15, 0.2) is 16.8 Å². The summed E-state index contributed by atoms with van der Waals surface area (Å²) in [6.07, 6.45) is 0.808. The van der Waals surface area contributed by atoms with Gasteiger partial charge in [-0.25, -0.2) is 0 Å². The van der Waals surface area contributed by atoms with Gasteiger partial charge < -0.3 is 9.30 Å². The molecule has 2 heterocycles. The summed E-state index contributed by atoms with van der Waals surface area (Å²) in [5.74, 6) is 1.11. The van der Waals surface area contributed by atoms with E-state index in [-0.39, 0.29) is 5.78 Å². The van der Waals surface area contributed by atoms with Crippen LogP contribution in [0.5, 0.6) is 0 Å². The van der Waals surface area contributed by atoms with Gasteiger partial charge in [-0.15, -0.1) is 21.5 Å². The van der Waals surface area contributed by atoms with Crippen molar-refractivity contribution in [1.82, 2.24) is 14.8 Å². The van der Waals surface area contributed by atoms with E-state index in [4.69, 9.17) is 16.3 Å². The van der Waals surface area contributed by atoms with Crippen molar-refractivity contribution in [2.45, 2.75) is 25.0 Å². The van der Waals surface area contributed by atoms with Crippen LogP contribution >= 0.6 is 34.7 Å². The van der Waals surface area contributed by atoms with E-state index >= 15 is 0 Å². The van der Waals surface area contributed by atoms with E-state index in [1.54, 1.807) is 18.4 Å². The number of ether oxygens (including phenoxy) is 1. The van der Waals surface area contributed by atoms with Crippen molar-refractivity contribution < 1.29 is 9.53 Å². The number of rotatable bonds is 9. The Morgan fingerprint density at radius 3 is 2.71 bits per heavy atom. The molecule has 0 saturated heterocycles. The molecular formula is C23H22ClN3O2S2. The number of hydrogen-bond acceptors (Lipinski definition) is 6. The predicted octanol–water partition coefficient (Wildman–Crippen LogP) is 6.13. The number of methoxy groups -OCH3 is 1. The molecule has 8 heteroatoms. The number of aryl methyl sites for hydroxylation is 1. The molecule has 0 spiro atoms. The number of thiophene rings is 1. The van der Waals surface area contributed by atoms with Gasteiger partial charge in [0.25, 0.3) is 0 Å². The summed E-state index contributed by atoms with van der Waals surface area (Å²) in [6.45, 7) is 3.32. The van der Waals surface area contributed by atoms with Crippen LogP contribution in [-0.4, -0.2) is 40.0 Å². The maximum absolute atomic E-state index is 13.0. The van der Waals surface area contributed by atoms with Gasteiger partial charge in [-0.05, 0) is 42.5 Å². The Morgan fingerprint density at radius 2 is 1.94 bits per heavy atom. The highest BCUT2D eigenvalue weighted by molar-refractivity contribution is 7.99. The quantitative estimate of drug-likeness (QED) is 0.167. The van der Waals surface area contributed by atoms with Crippen molar-refractivity contribution in [2.75, 3.05) is 19.5 Å². The van der Waals surface area contributed by atoms with E-state index in [0.717, 1.165) is 32.5 Å². The molecule has 0 saturated carbocycles. The van der Waals surface area contributed by atoms with E-state index in [9.17, 15) is 4.79 Å². The van der Waals surface area contributed by atoms with E-state index in [0.29, 0.717) is 34.9 Å². The first-order valence-electron chi connectivity index (χ1n) is 9.91. The van der Waals surface area contributed by atoms with Crippen LogP contribution in [-0.2, 0) is 11.3 Å². The first-order chi connectivity index (χ1) is 15.1. The number of thioether (sulfide) groups is 1. The third-order valence-electron chi connectivity index (χ3n) is 4.99. The van der Waals surface area contributed by atoms with Gasteiger partial charge in [-0.3, -0.25) is 4.79 Å². The molecule has 4 aromatic rings. The minimum absolute atomic E-state index is 0.106. The molecule has 0 unspecified atom stereocenters. The molecule has 31 heavy (non-hydrogen) atoms. The monoisotopic (exact) mass is 471 g/mol. The average molecular weight is 472 g/mol. The Bertz CT molecular complexity index is 1220. The maximum atomic E-state index is 13.0. The predicted molar refractivity (Wildman–Crippen MR) is 129 cm³/mol. The smallest absolute Gasteiger partial charge is 0.191 e. The van der Waals surface area contributed by atoms with Crippen LogP contribution in [0.15, 0.2) is 53.7 Å². The highest BCUT2D eigenvalue weighted by Crippen LogP contribution is 2.33. The zero-order chi connectivity index (χ0) is 21.8. The SMILES string of the molecule is COCCCn1c(SCC(=O)c2sc3ccccc3c2C)nnc1-c1ccccc1Cl. The Kier molecular flexibility index (Phi) is 7.07. The third-order valence-corrected chi connectivity index (χ3v) is 7.60. The molecule has 5 nitrogen and oxygen atoms in total. The molecule has 0 aliphatic carbocycles. The minimum atomic E-state index is 0.106. The van der Waals surface area contributed by atoms with Crippen LogP contribution < -0.4 is 0 Å². The van der Waals surface area contributed by atoms with Crippen molar-refractivity contribution >= 4 is 50.6 Å². The van der Waals surface area contributed by atoms with Crippen LogP contribution in [0.3, 0.4) is 0 Å². The summed E-state index contributed by atoms with van der Waals surface area (Å²) in [7, 11) is 1.68. The average Bonchev–Trinajstić information content (AvgIpc) is 3.34. The van der Waals surface area contributed by atoms with Crippen molar-refractivity contribution in [2.24, 2.45) is 0 Å².